The lowest BCUT2D eigenvalue weighted by Crippen LogP contribution is -2.48. The average molecular weight is 141 g/mol. The first-order valence-corrected chi connectivity index (χ1v) is 3.70. The van der Waals surface area contributed by atoms with Crippen molar-refractivity contribution in [1.29, 1.82) is 0 Å². The van der Waals surface area contributed by atoms with E-state index in [2.05, 4.69) is 46.5 Å². The molecule has 1 N–H and O–H groups in total. The molecule has 1 heteroatoms. The van der Waals surface area contributed by atoms with Gasteiger partial charge in [0.05, 0.1) is 0 Å². The second-order valence-corrected chi connectivity index (χ2v) is 4.30. The second-order valence-electron chi connectivity index (χ2n) is 4.30. The average Bonchev–Trinajstić information content (AvgIpc) is 1.60. The molecule has 0 heterocycles. The van der Waals surface area contributed by atoms with Crippen molar-refractivity contribution in [3.05, 3.63) is 12.7 Å². The molecule has 0 amide bonds. The van der Waals surface area contributed by atoms with Crippen molar-refractivity contribution in [3.8, 4) is 0 Å². The molecule has 60 valence electrons. The first kappa shape index (κ1) is 9.70. The second kappa shape index (κ2) is 2.75. The molecule has 0 aromatic heterocycles. The Labute approximate surface area is 64.5 Å². The fourth-order valence-electron chi connectivity index (χ4n) is 1.02. The highest BCUT2D eigenvalue weighted by molar-refractivity contribution is 4.98. The van der Waals surface area contributed by atoms with Crippen LogP contribution in [0.5, 0.6) is 0 Å². The van der Waals surface area contributed by atoms with Gasteiger partial charge in [0.2, 0.25) is 0 Å². The van der Waals surface area contributed by atoms with Crippen LogP contribution < -0.4 is 5.32 Å². The summed E-state index contributed by atoms with van der Waals surface area (Å²) in [5.74, 6) is 0. The lowest BCUT2D eigenvalue weighted by molar-refractivity contribution is 0.330. The Bertz CT molecular complexity index is 117. The van der Waals surface area contributed by atoms with E-state index in [1.807, 2.05) is 6.08 Å². The molecule has 0 unspecified atom stereocenters. The molecule has 0 atom stereocenters. The van der Waals surface area contributed by atoms with Gasteiger partial charge in [-0.3, -0.25) is 0 Å². The van der Waals surface area contributed by atoms with E-state index in [0.29, 0.717) is 0 Å². The zero-order chi connectivity index (χ0) is 8.41. The predicted octanol–water partition coefficient (Wildman–Crippen LogP) is 2.34. The summed E-state index contributed by atoms with van der Waals surface area (Å²) in [5, 5.41) is 3.43. The monoisotopic (exact) mass is 141 g/mol. The summed E-state index contributed by atoms with van der Waals surface area (Å²) in [6.45, 7) is 14.4. The van der Waals surface area contributed by atoms with E-state index in [1.54, 1.807) is 0 Å². The fraction of sp³-hybridized carbons (Fsp3) is 0.778. The van der Waals surface area contributed by atoms with Crippen LogP contribution in [0.1, 0.15) is 34.6 Å². The van der Waals surface area contributed by atoms with E-state index in [-0.39, 0.29) is 11.1 Å². The van der Waals surface area contributed by atoms with E-state index in [4.69, 9.17) is 0 Å². The van der Waals surface area contributed by atoms with Crippen LogP contribution in [0.4, 0.5) is 0 Å². The Hall–Kier alpha value is -0.300. The van der Waals surface area contributed by atoms with E-state index in [9.17, 15) is 0 Å². The van der Waals surface area contributed by atoms with Crippen molar-refractivity contribution < 1.29 is 0 Å². The number of rotatable bonds is 2. The van der Waals surface area contributed by atoms with Gasteiger partial charge in [0.15, 0.2) is 0 Å². The van der Waals surface area contributed by atoms with Gasteiger partial charge >= 0.3 is 0 Å². The summed E-state index contributed by atoms with van der Waals surface area (Å²) in [6.07, 6.45) is 1.93. The molecular formula is C9H19N. The minimum absolute atomic E-state index is 0.0399. The predicted molar refractivity (Wildman–Crippen MR) is 47.2 cm³/mol. The van der Waals surface area contributed by atoms with Gasteiger partial charge in [-0.25, -0.2) is 0 Å². The summed E-state index contributed by atoms with van der Waals surface area (Å²) in [7, 11) is 0. The maximum absolute atomic E-state index is 3.75. The molecule has 0 rings (SSSR count). The molecular weight excluding hydrogens is 122 g/mol. The Morgan fingerprint density at radius 2 is 1.50 bits per heavy atom. The molecule has 10 heavy (non-hydrogen) atoms. The van der Waals surface area contributed by atoms with Crippen LogP contribution in [0.2, 0.25) is 0 Å². The molecule has 0 aromatic carbocycles. The smallest absolute Gasteiger partial charge is 0.0309 e. The highest BCUT2D eigenvalue weighted by Gasteiger charge is 2.19. The van der Waals surface area contributed by atoms with Crippen molar-refractivity contribution >= 4 is 0 Å². The first-order chi connectivity index (χ1) is 4.27. The van der Waals surface area contributed by atoms with Gasteiger partial charge in [-0.2, -0.15) is 0 Å². The Morgan fingerprint density at radius 1 is 1.10 bits per heavy atom. The summed E-state index contributed by atoms with van der Waals surface area (Å²) in [6, 6.07) is 0. The molecule has 0 saturated heterocycles. The van der Waals surface area contributed by atoms with Gasteiger partial charge in [-0.05, 0) is 34.6 Å². The third-order valence-electron chi connectivity index (χ3n) is 1.21. The van der Waals surface area contributed by atoms with Crippen LogP contribution in [0.3, 0.4) is 0 Å². The summed E-state index contributed by atoms with van der Waals surface area (Å²) in [4.78, 5) is 0. The van der Waals surface area contributed by atoms with E-state index < -0.39 is 0 Å². The molecule has 0 radical (unpaired) electrons. The zero-order valence-electron chi connectivity index (χ0n) is 7.78. The SMILES string of the molecule is C=CC(C)(C)NC(C)(C)C. The van der Waals surface area contributed by atoms with E-state index in [1.165, 1.54) is 0 Å². The largest absolute Gasteiger partial charge is 0.304 e. The third kappa shape index (κ3) is 4.57. The normalized spacial score (nSPS) is 13.3. The van der Waals surface area contributed by atoms with Crippen LogP contribution in [-0.2, 0) is 0 Å². The van der Waals surface area contributed by atoms with Crippen LogP contribution in [0.15, 0.2) is 12.7 Å². The number of hydrogen-bond donors (Lipinski definition) is 1. The molecule has 0 aromatic rings. The molecule has 0 saturated carbocycles. The van der Waals surface area contributed by atoms with Gasteiger partial charge in [-0.1, -0.05) is 6.08 Å². The summed E-state index contributed by atoms with van der Waals surface area (Å²) < 4.78 is 0. The van der Waals surface area contributed by atoms with Gasteiger partial charge in [0.25, 0.3) is 0 Å². The van der Waals surface area contributed by atoms with Crippen molar-refractivity contribution in [2.45, 2.75) is 45.7 Å². The maximum atomic E-state index is 3.75. The molecule has 0 aliphatic carbocycles. The minimum Gasteiger partial charge on any atom is -0.304 e. The lowest BCUT2D eigenvalue weighted by Gasteiger charge is -2.32. The molecule has 1 nitrogen and oxygen atoms in total. The Morgan fingerprint density at radius 3 is 1.60 bits per heavy atom. The quantitative estimate of drug-likeness (QED) is 0.582. The van der Waals surface area contributed by atoms with Crippen molar-refractivity contribution in [3.63, 3.8) is 0 Å². The third-order valence-corrected chi connectivity index (χ3v) is 1.21. The van der Waals surface area contributed by atoms with Crippen LogP contribution in [0, 0.1) is 0 Å². The standard InChI is InChI=1S/C9H19N/c1-7-9(5,6)10-8(2,3)4/h7,10H,1H2,2-6H3. The molecule has 0 bridgehead atoms. The van der Waals surface area contributed by atoms with Gasteiger partial charge < -0.3 is 5.32 Å². The van der Waals surface area contributed by atoms with Crippen molar-refractivity contribution in [1.82, 2.24) is 5.32 Å². The number of nitrogens with one attached hydrogen (secondary N) is 1. The maximum Gasteiger partial charge on any atom is 0.0309 e. The van der Waals surface area contributed by atoms with E-state index in [0.717, 1.165) is 0 Å². The number of hydrogen-bond acceptors (Lipinski definition) is 1. The van der Waals surface area contributed by atoms with Gasteiger partial charge in [0.1, 0.15) is 0 Å². The highest BCUT2D eigenvalue weighted by Crippen LogP contribution is 2.10. The van der Waals surface area contributed by atoms with Crippen LogP contribution >= 0.6 is 0 Å². The van der Waals surface area contributed by atoms with E-state index >= 15 is 0 Å². The van der Waals surface area contributed by atoms with Gasteiger partial charge in [0, 0.05) is 11.1 Å². The minimum atomic E-state index is 0.0399. The molecule has 0 aliphatic heterocycles. The topological polar surface area (TPSA) is 12.0 Å². The Balaban J connectivity index is 4.01. The Kier molecular flexibility index (Phi) is 2.67. The summed E-state index contributed by atoms with van der Waals surface area (Å²) in [5.41, 5.74) is 0.204. The fourth-order valence-corrected chi connectivity index (χ4v) is 1.02. The molecule has 0 fully saturated rings. The van der Waals surface area contributed by atoms with Gasteiger partial charge in [-0.15, -0.1) is 6.58 Å². The van der Waals surface area contributed by atoms with Crippen molar-refractivity contribution in [2.24, 2.45) is 0 Å². The molecule has 0 aliphatic rings. The lowest BCUT2D eigenvalue weighted by atomic mass is 9.99. The first-order valence-electron chi connectivity index (χ1n) is 3.70. The highest BCUT2D eigenvalue weighted by atomic mass is 15.0. The van der Waals surface area contributed by atoms with Crippen molar-refractivity contribution in [2.75, 3.05) is 0 Å². The van der Waals surface area contributed by atoms with Crippen LogP contribution in [0.25, 0.3) is 0 Å². The summed E-state index contributed by atoms with van der Waals surface area (Å²) >= 11 is 0. The zero-order valence-corrected chi connectivity index (χ0v) is 7.78. The molecule has 0 spiro atoms. The van der Waals surface area contributed by atoms with Crippen LogP contribution in [-0.4, -0.2) is 11.1 Å².